The van der Waals surface area contributed by atoms with Gasteiger partial charge in [-0.05, 0) is 68.4 Å². The molecular formula is C44H34N4O. The highest BCUT2D eigenvalue weighted by atomic mass is 16.1. The molecule has 0 N–H and O–H groups in total. The minimum atomic E-state index is -0.162. The van der Waals surface area contributed by atoms with Crippen molar-refractivity contribution in [1.82, 2.24) is 19.1 Å². The van der Waals surface area contributed by atoms with Gasteiger partial charge in [0.25, 0.3) is 0 Å². The molecule has 8 aromatic rings. The van der Waals surface area contributed by atoms with Crippen LogP contribution >= 0.6 is 0 Å². The van der Waals surface area contributed by atoms with E-state index in [1.807, 2.05) is 38.4 Å². The van der Waals surface area contributed by atoms with Crippen LogP contribution in [0.3, 0.4) is 0 Å². The summed E-state index contributed by atoms with van der Waals surface area (Å²) < 4.78 is 3.38. The lowest BCUT2D eigenvalue weighted by molar-refractivity contribution is 0.666. The summed E-state index contributed by atoms with van der Waals surface area (Å²) in [7, 11) is 3.63. The van der Waals surface area contributed by atoms with Crippen LogP contribution in [0.5, 0.6) is 0 Å². The summed E-state index contributed by atoms with van der Waals surface area (Å²) >= 11 is 0. The van der Waals surface area contributed by atoms with Crippen molar-refractivity contribution in [2.45, 2.75) is 19.3 Å². The predicted molar refractivity (Wildman–Crippen MR) is 201 cm³/mol. The topological polar surface area (TPSA) is 52.7 Å². The zero-order valence-corrected chi connectivity index (χ0v) is 27.9. The minimum absolute atomic E-state index is 0.0266. The number of hydrogen-bond acceptors (Lipinski definition) is 3. The molecule has 2 aromatic heterocycles. The highest BCUT2D eigenvalue weighted by Crippen LogP contribution is 2.52. The van der Waals surface area contributed by atoms with Gasteiger partial charge in [0.05, 0.1) is 22.4 Å². The monoisotopic (exact) mass is 634 g/mol. The molecule has 6 aromatic carbocycles. The second-order valence-electron chi connectivity index (χ2n) is 13.6. The highest BCUT2D eigenvalue weighted by Gasteiger charge is 2.37. The molecular weight excluding hydrogens is 601 g/mol. The number of fused-ring (bicyclic) bond motifs is 6. The summed E-state index contributed by atoms with van der Waals surface area (Å²) in [5.74, 6) is 0.696. The summed E-state index contributed by atoms with van der Waals surface area (Å²) in [5.41, 5.74) is 13.9. The summed E-state index contributed by atoms with van der Waals surface area (Å²) in [4.78, 5) is 22.7. The molecule has 0 spiro atoms. The van der Waals surface area contributed by atoms with Crippen LogP contribution < -0.4 is 5.69 Å². The smallest absolute Gasteiger partial charge is 0.295 e. The Morgan fingerprint density at radius 1 is 0.531 bits per heavy atom. The van der Waals surface area contributed by atoms with Crippen molar-refractivity contribution in [2.24, 2.45) is 14.1 Å². The van der Waals surface area contributed by atoms with E-state index in [0.717, 1.165) is 50.2 Å². The Morgan fingerprint density at radius 2 is 1.16 bits per heavy atom. The molecule has 0 bridgehead atoms. The molecule has 5 heteroatoms. The number of aromatic nitrogens is 4. The van der Waals surface area contributed by atoms with E-state index in [1.165, 1.54) is 33.0 Å². The Morgan fingerprint density at radius 3 is 1.96 bits per heavy atom. The third-order valence-electron chi connectivity index (χ3n) is 10.4. The van der Waals surface area contributed by atoms with Gasteiger partial charge in [0.2, 0.25) is 0 Å². The van der Waals surface area contributed by atoms with Crippen molar-refractivity contribution >= 4 is 21.8 Å². The van der Waals surface area contributed by atoms with Crippen LogP contribution in [0.1, 0.15) is 25.0 Å². The molecule has 0 aliphatic heterocycles. The molecule has 5 nitrogen and oxygen atoms in total. The Kier molecular flexibility index (Phi) is 6.37. The van der Waals surface area contributed by atoms with Gasteiger partial charge in [0.15, 0.2) is 5.82 Å². The van der Waals surface area contributed by atoms with Crippen molar-refractivity contribution in [3.05, 3.63) is 155 Å². The normalized spacial score (nSPS) is 13.1. The fraction of sp³-hybridized carbons (Fsp3) is 0.114. The average molecular weight is 635 g/mol. The summed E-state index contributed by atoms with van der Waals surface area (Å²) in [5, 5.41) is 2.59. The Bertz CT molecular complexity index is 2660. The largest absolute Gasteiger partial charge is 0.328 e. The summed E-state index contributed by atoms with van der Waals surface area (Å²) in [6.45, 7) is 4.68. The lowest BCUT2D eigenvalue weighted by Gasteiger charge is -2.23. The van der Waals surface area contributed by atoms with Gasteiger partial charge in [-0.1, -0.05) is 123 Å². The van der Waals surface area contributed by atoms with Crippen molar-refractivity contribution < 1.29 is 0 Å². The van der Waals surface area contributed by atoms with Crippen LogP contribution in [0.4, 0.5) is 0 Å². The molecule has 0 radical (unpaired) electrons. The second kappa shape index (κ2) is 10.7. The third kappa shape index (κ3) is 4.50. The maximum Gasteiger partial charge on any atom is 0.328 e. The fourth-order valence-corrected chi connectivity index (χ4v) is 7.74. The van der Waals surface area contributed by atoms with Gasteiger partial charge in [-0.25, -0.2) is 14.8 Å². The van der Waals surface area contributed by atoms with Crippen molar-refractivity contribution in [3.8, 4) is 56.2 Å². The zero-order chi connectivity index (χ0) is 33.4. The minimum Gasteiger partial charge on any atom is -0.295 e. The van der Waals surface area contributed by atoms with Gasteiger partial charge in [-0.2, -0.15) is 0 Å². The van der Waals surface area contributed by atoms with Crippen LogP contribution in [-0.2, 0) is 19.5 Å². The van der Waals surface area contributed by atoms with E-state index in [4.69, 9.17) is 9.97 Å². The first-order valence-corrected chi connectivity index (χ1v) is 16.7. The molecule has 0 saturated carbocycles. The molecule has 9 rings (SSSR count). The quantitative estimate of drug-likeness (QED) is 0.194. The Hall–Kier alpha value is -6.07. The van der Waals surface area contributed by atoms with Gasteiger partial charge in [0.1, 0.15) is 0 Å². The first kappa shape index (κ1) is 29.1. The van der Waals surface area contributed by atoms with E-state index in [9.17, 15) is 4.79 Å². The van der Waals surface area contributed by atoms with Gasteiger partial charge in [-0.3, -0.25) is 9.13 Å². The fourth-order valence-electron chi connectivity index (χ4n) is 7.74. The number of rotatable bonds is 4. The molecule has 1 aliphatic rings. The van der Waals surface area contributed by atoms with Gasteiger partial charge < -0.3 is 0 Å². The standard InChI is InChI=1S/C44H34N4O/c1-44(2)36-24-32(19-21-34(36)35-22-18-28-10-8-9-13-33(28)41(35)44)38-26-37(45-42(46-38)30-11-6-5-7-12-30)29-16-14-27(15-17-29)31-20-23-39-40(25-31)48(4)43(49)47(39)3/h5-26H,1-4H3. The first-order valence-electron chi connectivity index (χ1n) is 16.7. The maximum atomic E-state index is 12.5. The molecule has 49 heavy (non-hydrogen) atoms. The van der Waals surface area contributed by atoms with Crippen molar-refractivity contribution in [3.63, 3.8) is 0 Å². The lowest BCUT2D eigenvalue weighted by Crippen LogP contribution is -2.19. The van der Waals surface area contributed by atoms with Crippen LogP contribution in [-0.4, -0.2) is 19.1 Å². The molecule has 0 amide bonds. The zero-order valence-electron chi connectivity index (χ0n) is 27.9. The van der Waals surface area contributed by atoms with E-state index in [2.05, 4.69) is 123 Å². The molecule has 236 valence electrons. The maximum absolute atomic E-state index is 12.5. The summed E-state index contributed by atoms with van der Waals surface area (Å²) in [6.07, 6.45) is 0. The van der Waals surface area contributed by atoms with E-state index in [1.54, 1.807) is 9.13 Å². The molecule has 0 unspecified atom stereocenters. The van der Waals surface area contributed by atoms with E-state index < -0.39 is 0 Å². The third-order valence-corrected chi connectivity index (χ3v) is 10.4. The number of benzene rings is 6. The van der Waals surface area contributed by atoms with Crippen molar-refractivity contribution in [1.29, 1.82) is 0 Å². The van der Waals surface area contributed by atoms with E-state index in [-0.39, 0.29) is 11.1 Å². The van der Waals surface area contributed by atoms with Gasteiger partial charge in [0, 0.05) is 36.2 Å². The Balaban J connectivity index is 1.14. The molecule has 2 heterocycles. The molecule has 1 aliphatic carbocycles. The van der Waals surface area contributed by atoms with Crippen LogP contribution in [0.15, 0.2) is 138 Å². The van der Waals surface area contributed by atoms with Crippen LogP contribution in [0.25, 0.3) is 78.0 Å². The average Bonchev–Trinajstić information content (AvgIpc) is 3.52. The highest BCUT2D eigenvalue weighted by molar-refractivity contribution is 5.98. The second-order valence-corrected chi connectivity index (χ2v) is 13.6. The summed E-state index contributed by atoms with van der Waals surface area (Å²) in [6, 6.07) is 47.0. The van der Waals surface area contributed by atoms with Crippen LogP contribution in [0, 0.1) is 0 Å². The number of aryl methyl sites for hydroxylation is 2. The molecule has 0 fully saturated rings. The van der Waals surface area contributed by atoms with Gasteiger partial charge >= 0.3 is 5.69 Å². The molecule has 0 atom stereocenters. The number of hydrogen-bond donors (Lipinski definition) is 0. The van der Waals surface area contributed by atoms with Crippen molar-refractivity contribution in [2.75, 3.05) is 0 Å². The van der Waals surface area contributed by atoms with Gasteiger partial charge in [-0.15, -0.1) is 0 Å². The van der Waals surface area contributed by atoms with E-state index >= 15 is 0 Å². The van der Waals surface area contributed by atoms with E-state index in [0.29, 0.717) is 5.82 Å². The lowest BCUT2D eigenvalue weighted by atomic mass is 9.80. The predicted octanol–water partition coefficient (Wildman–Crippen LogP) is 9.79. The Labute approximate surface area is 284 Å². The number of nitrogens with zero attached hydrogens (tertiary/aromatic N) is 4. The SMILES string of the molecule is Cn1c(=O)n(C)c2cc(-c3ccc(-c4cc(-c5ccc6c(c5)C(C)(C)c5c-6ccc6ccccc56)nc(-c5ccccc5)n4)cc3)ccc21. The number of imidazole rings is 1. The van der Waals surface area contributed by atoms with Crippen LogP contribution in [0.2, 0.25) is 0 Å². The first-order chi connectivity index (χ1) is 23.8. The molecule has 0 saturated heterocycles.